The van der Waals surface area contributed by atoms with Crippen molar-refractivity contribution in [3.05, 3.63) is 30.3 Å². The number of ether oxygens (including phenoxy) is 1. The smallest absolute Gasteiger partial charge is 0.363 e. The molecule has 1 heterocycles. The molecule has 0 amide bonds. The number of carbonyl (C=O) groups is 1. The Morgan fingerprint density at radius 3 is 2.65 bits per heavy atom. The summed E-state index contributed by atoms with van der Waals surface area (Å²) in [5.41, 5.74) is -0.476. The zero-order valence-corrected chi connectivity index (χ0v) is 10.0. The van der Waals surface area contributed by atoms with E-state index in [1.807, 2.05) is 30.3 Å². The number of hydrogen-bond acceptors (Lipinski definition) is 5. The predicted molar refractivity (Wildman–Crippen MR) is 63.5 cm³/mol. The molecule has 0 N–H and O–H groups in total. The minimum Gasteiger partial charge on any atom is -0.465 e. The number of nitrogens with zero attached hydrogens (tertiary/aromatic N) is 2. The fraction of sp³-hybridized carbons (Fsp3) is 0.333. The van der Waals surface area contributed by atoms with Crippen LogP contribution in [0.3, 0.4) is 0 Å². The molecule has 1 aromatic carbocycles. The molecule has 1 aliphatic rings. The average molecular weight is 234 g/mol. The van der Waals surface area contributed by atoms with Gasteiger partial charge in [0.05, 0.1) is 12.8 Å². The Bertz CT molecular complexity index is 458. The van der Waals surface area contributed by atoms with Gasteiger partial charge in [0.1, 0.15) is 5.84 Å². The summed E-state index contributed by atoms with van der Waals surface area (Å²) in [4.78, 5) is 21.3. The van der Waals surface area contributed by atoms with Gasteiger partial charge in [-0.05, 0) is 26.0 Å². The number of hydroxylamine groups is 1. The van der Waals surface area contributed by atoms with E-state index in [2.05, 4.69) is 9.73 Å². The van der Waals surface area contributed by atoms with Gasteiger partial charge in [-0.25, -0.2) is 19.7 Å². The van der Waals surface area contributed by atoms with Gasteiger partial charge < -0.3 is 4.74 Å². The molecule has 0 aliphatic carbocycles. The molecule has 5 nitrogen and oxygen atoms in total. The van der Waals surface area contributed by atoms with Crippen LogP contribution in [0.25, 0.3) is 0 Å². The highest BCUT2D eigenvalue weighted by Crippen LogP contribution is 2.28. The lowest BCUT2D eigenvalue weighted by molar-refractivity contribution is -0.163. The lowest BCUT2D eigenvalue weighted by Crippen LogP contribution is -2.38. The maximum atomic E-state index is 11.6. The zero-order chi connectivity index (χ0) is 12.5. The van der Waals surface area contributed by atoms with Crippen LogP contribution in [0.2, 0.25) is 0 Å². The molecule has 0 saturated carbocycles. The molecule has 17 heavy (non-hydrogen) atoms. The second-order valence-corrected chi connectivity index (χ2v) is 3.85. The molecular formula is C12H14N2O3. The Morgan fingerprint density at radius 2 is 2.06 bits per heavy atom. The van der Waals surface area contributed by atoms with Crippen molar-refractivity contribution >= 4 is 17.5 Å². The number of methoxy groups -OCH3 is 1. The molecule has 2 rings (SSSR count). The van der Waals surface area contributed by atoms with E-state index in [1.165, 1.54) is 12.2 Å². The summed E-state index contributed by atoms with van der Waals surface area (Å²) in [6.07, 6.45) is 0. The fourth-order valence-electron chi connectivity index (χ4n) is 1.69. The number of esters is 1. The SMILES string of the molecule is COC(=O)C1(C)N=C(C)N(c2ccccc2)O1. The van der Waals surface area contributed by atoms with Crippen molar-refractivity contribution < 1.29 is 14.4 Å². The molecule has 0 fully saturated rings. The summed E-state index contributed by atoms with van der Waals surface area (Å²) in [5, 5.41) is 1.52. The van der Waals surface area contributed by atoms with Gasteiger partial charge in [0, 0.05) is 0 Å². The summed E-state index contributed by atoms with van der Waals surface area (Å²) in [6, 6.07) is 9.44. The molecule has 1 unspecified atom stereocenters. The average Bonchev–Trinajstić information content (AvgIpc) is 2.66. The van der Waals surface area contributed by atoms with E-state index in [4.69, 9.17) is 4.84 Å². The van der Waals surface area contributed by atoms with Crippen molar-refractivity contribution in [1.82, 2.24) is 0 Å². The van der Waals surface area contributed by atoms with Crippen LogP contribution in [0.1, 0.15) is 13.8 Å². The Morgan fingerprint density at radius 1 is 1.41 bits per heavy atom. The number of para-hydroxylation sites is 1. The lowest BCUT2D eigenvalue weighted by atomic mass is 10.3. The minimum atomic E-state index is -1.30. The maximum Gasteiger partial charge on any atom is 0.363 e. The minimum absolute atomic E-state index is 0.518. The molecule has 0 radical (unpaired) electrons. The van der Waals surface area contributed by atoms with E-state index >= 15 is 0 Å². The molecule has 0 spiro atoms. The van der Waals surface area contributed by atoms with Crippen molar-refractivity contribution in [3.63, 3.8) is 0 Å². The lowest BCUT2D eigenvalue weighted by Gasteiger charge is -2.22. The van der Waals surface area contributed by atoms with Crippen LogP contribution in [0.4, 0.5) is 5.69 Å². The summed E-state index contributed by atoms with van der Waals surface area (Å²) >= 11 is 0. The van der Waals surface area contributed by atoms with E-state index < -0.39 is 11.7 Å². The first-order valence-corrected chi connectivity index (χ1v) is 5.26. The summed E-state index contributed by atoms with van der Waals surface area (Å²) in [7, 11) is 1.31. The quantitative estimate of drug-likeness (QED) is 0.731. The molecule has 0 saturated heterocycles. The Kier molecular flexibility index (Phi) is 2.85. The number of carbonyl (C=O) groups excluding carboxylic acids is 1. The summed E-state index contributed by atoms with van der Waals surface area (Å²) in [6.45, 7) is 3.35. The second kappa shape index (κ2) is 4.18. The highest BCUT2D eigenvalue weighted by Gasteiger charge is 2.44. The van der Waals surface area contributed by atoms with Crippen molar-refractivity contribution in [2.75, 3.05) is 12.2 Å². The second-order valence-electron chi connectivity index (χ2n) is 3.85. The molecule has 0 aromatic heterocycles. The highest BCUT2D eigenvalue weighted by molar-refractivity contribution is 5.98. The van der Waals surface area contributed by atoms with Gasteiger partial charge in [-0.1, -0.05) is 18.2 Å². The van der Waals surface area contributed by atoms with Crippen LogP contribution in [0, 0.1) is 0 Å². The molecule has 1 aromatic rings. The van der Waals surface area contributed by atoms with Gasteiger partial charge in [-0.3, -0.25) is 0 Å². The third-order valence-electron chi connectivity index (χ3n) is 2.49. The molecule has 1 atom stereocenters. The standard InChI is InChI=1S/C12H14N2O3/c1-9-13-12(2,11(15)16-3)17-14(9)10-7-5-4-6-8-10/h4-8H,1-3H3. The molecular weight excluding hydrogens is 220 g/mol. The first kappa shape index (κ1) is 11.6. The number of anilines is 1. The van der Waals surface area contributed by atoms with Gasteiger partial charge >= 0.3 is 5.97 Å². The molecule has 0 bridgehead atoms. The van der Waals surface area contributed by atoms with Crippen molar-refractivity contribution in [1.29, 1.82) is 0 Å². The number of amidine groups is 1. The van der Waals surface area contributed by atoms with E-state index in [1.54, 1.807) is 13.8 Å². The molecule has 1 aliphatic heterocycles. The van der Waals surface area contributed by atoms with E-state index in [9.17, 15) is 4.79 Å². The van der Waals surface area contributed by atoms with Crippen molar-refractivity contribution in [2.24, 2.45) is 4.99 Å². The van der Waals surface area contributed by atoms with Gasteiger partial charge in [-0.2, -0.15) is 0 Å². The maximum absolute atomic E-state index is 11.6. The Hall–Kier alpha value is -1.88. The van der Waals surface area contributed by atoms with E-state index in [0.29, 0.717) is 5.84 Å². The highest BCUT2D eigenvalue weighted by atomic mass is 16.7. The monoisotopic (exact) mass is 234 g/mol. The first-order chi connectivity index (χ1) is 8.07. The van der Waals surface area contributed by atoms with Gasteiger partial charge in [0.15, 0.2) is 0 Å². The predicted octanol–water partition coefficient (Wildman–Crippen LogP) is 1.75. The van der Waals surface area contributed by atoms with Crippen LogP contribution >= 0.6 is 0 Å². The summed E-state index contributed by atoms with van der Waals surface area (Å²) < 4.78 is 4.67. The topological polar surface area (TPSA) is 51.1 Å². The van der Waals surface area contributed by atoms with Gasteiger partial charge in [0.25, 0.3) is 5.72 Å². The Balaban J connectivity index is 2.27. The van der Waals surface area contributed by atoms with E-state index in [-0.39, 0.29) is 0 Å². The van der Waals surface area contributed by atoms with Gasteiger partial charge in [-0.15, -0.1) is 0 Å². The number of hydrogen-bond donors (Lipinski definition) is 0. The number of aliphatic imine (C=N–C) groups is 1. The third kappa shape index (κ3) is 2.01. The van der Waals surface area contributed by atoms with E-state index in [0.717, 1.165) is 5.69 Å². The van der Waals surface area contributed by atoms with Crippen LogP contribution in [0.5, 0.6) is 0 Å². The largest absolute Gasteiger partial charge is 0.465 e. The molecule has 90 valence electrons. The molecule has 5 heteroatoms. The van der Waals surface area contributed by atoms with Crippen molar-refractivity contribution in [2.45, 2.75) is 19.6 Å². The first-order valence-electron chi connectivity index (χ1n) is 5.26. The van der Waals surface area contributed by atoms with Gasteiger partial charge in [0.2, 0.25) is 0 Å². The normalized spacial score (nSPS) is 23.5. The van der Waals surface area contributed by atoms with Crippen LogP contribution in [-0.4, -0.2) is 24.6 Å². The Labute approximate surface area is 99.6 Å². The zero-order valence-electron chi connectivity index (χ0n) is 10.0. The van der Waals surface area contributed by atoms with Crippen LogP contribution < -0.4 is 5.06 Å². The van der Waals surface area contributed by atoms with Crippen molar-refractivity contribution in [3.8, 4) is 0 Å². The van der Waals surface area contributed by atoms with Crippen LogP contribution in [0.15, 0.2) is 35.3 Å². The van der Waals surface area contributed by atoms with Crippen LogP contribution in [-0.2, 0) is 14.4 Å². The number of rotatable bonds is 2. The third-order valence-corrected chi connectivity index (χ3v) is 2.49. The fourth-order valence-corrected chi connectivity index (χ4v) is 1.69. The summed E-state index contributed by atoms with van der Waals surface area (Å²) in [5.74, 6) is 0.0966. The number of benzene rings is 1.